The molecule has 3 aromatic heterocycles. The third-order valence-corrected chi connectivity index (χ3v) is 10.2. The molecule has 196 valence electrons. The van der Waals surface area contributed by atoms with Crippen molar-refractivity contribution in [2.45, 2.75) is 88.1 Å². The fraction of sp³-hybridized carbons (Fsp3) is 0.516. The van der Waals surface area contributed by atoms with Crippen LogP contribution in [-0.4, -0.2) is 29.9 Å². The van der Waals surface area contributed by atoms with E-state index in [0.717, 1.165) is 47.5 Å². The van der Waals surface area contributed by atoms with E-state index in [-0.39, 0.29) is 16.5 Å². The van der Waals surface area contributed by atoms with Gasteiger partial charge in [0.25, 0.3) is 5.56 Å². The molecule has 0 amide bonds. The van der Waals surface area contributed by atoms with Gasteiger partial charge in [0, 0.05) is 42.1 Å². The molecule has 0 atom stereocenters. The Morgan fingerprint density at radius 2 is 1.95 bits per heavy atom. The first kappa shape index (κ1) is 22.8. The van der Waals surface area contributed by atoms with Gasteiger partial charge in [-0.15, -0.1) is 10.2 Å². The SMILES string of the molecule is Cn1cnnc1C1(c2cccc(-n3cc(C4CC4)c4cc(CNC5(C)CCC5)[nH]c4c3=O)c2)CC2(CC2)C1. The monoisotopic (exact) mass is 508 g/mol. The molecular formula is C31H36N6O. The molecule has 2 N–H and O–H groups in total. The van der Waals surface area contributed by atoms with Gasteiger partial charge >= 0.3 is 0 Å². The van der Waals surface area contributed by atoms with Crippen molar-refractivity contribution in [2.75, 3.05) is 0 Å². The number of nitrogens with one attached hydrogen (secondary N) is 2. The largest absolute Gasteiger partial charge is 0.353 e. The lowest BCUT2D eigenvalue weighted by molar-refractivity contribution is 0.145. The third-order valence-electron chi connectivity index (χ3n) is 10.2. The van der Waals surface area contributed by atoms with Crippen LogP contribution in [0.3, 0.4) is 0 Å². The summed E-state index contributed by atoms with van der Waals surface area (Å²) in [7, 11) is 2.04. The molecule has 1 aromatic carbocycles. The molecule has 4 aliphatic carbocycles. The van der Waals surface area contributed by atoms with Gasteiger partial charge in [-0.25, -0.2) is 0 Å². The number of rotatable bonds is 7. The summed E-state index contributed by atoms with van der Waals surface area (Å²) in [4.78, 5) is 17.4. The second kappa shape index (κ2) is 7.69. The molecule has 38 heavy (non-hydrogen) atoms. The van der Waals surface area contributed by atoms with Crippen LogP contribution in [0.2, 0.25) is 0 Å². The van der Waals surface area contributed by atoms with E-state index in [9.17, 15) is 4.79 Å². The Labute approximate surface area is 222 Å². The fourth-order valence-corrected chi connectivity index (χ4v) is 7.41. The number of aromatic amines is 1. The second-order valence-corrected chi connectivity index (χ2v) is 13.1. The third kappa shape index (κ3) is 3.40. The lowest BCUT2D eigenvalue weighted by Gasteiger charge is -2.48. The van der Waals surface area contributed by atoms with Gasteiger partial charge < -0.3 is 14.9 Å². The fourth-order valence-electron chi connectivity index (χ4n) is 7.41. The van der Waals surface area contributed by atoms with E-state index in [4.69, 9.17) is 0 Å². The minimum atomic E-state index is -0.131. The average molecular weight is 509 g/mol. The second-order valence-electron chi connectivity index (χ2n) is 13.1. The van der Waals surface area contributed by atoms with Gasteiger partial charge in [0.1, 0.15) is 17.7 Å². The topological polar surface area (TPSA) is 80.5 Å². The summed E-state index contributed by atoms with van der Waals surface area (Å²) >= 11 is 0. The van der Waals surface area contributed by atoms with Gasteiger partial charge in [0.15, 0.2) is 0 Å². The maximum absolute atomic E-state index is 13.9. The Hall–Kier alpha value is -3.19. The molecule has 7 heteroatoms. The van der Waals surface area contributed by atoms with Crippen molar-refractivity contribution in [1.29, 1.82) is 0 Å². The van der Waals surface area contributed by atoms with Crippen molar-refractivity contribution in [2.24, 2.45) is 12.5 Å². The predicted octanol–water partition coefficient (Wildman–Crippen LogP) is 5.22. The molecule has 0 unspecified atom stereocenters. The zero-order valence-corrected chi connectivity index (χ0v) is 22.4. The van der Waals surface area contributed by atoms with Crippen LogP contribution >= 0.6 is 0 Å². The first-order chi connectivity index (χ1) is 18.4. The Bertz CT molecular complexity index is 1620. The van der Waals surface area contributed by atoms with E-state index >= 15 is 0 Å². The van der Waals surface area contributed by atoms with Gasteiger partial charge in [-0.1, -0.05) is 12.1 Å². The molecule has 8 rings (SSSR count). The van der Waals surface area contributed by atoms with E-state index in [0.29, 0.717) is 11.3 Å². The normalized spacial score (nSPS) is 22.4. The van der Waals surface area contributed by atoms with Crippen molar-refractivity contribution < 1.29 is 0 Å². The lowest BCUT2D eigenvalue weighted by atomic mass is 9.56. The molecular weight excluding hydrogens is 472 g/mol. The molecule has 3 heterocycles. The quantitative estimate of drug-likeness (QED) is 0.359. The van der Waals surface area contributed by atoms with Crippen LogP contribution in [0.5, 0.6) is 0 Å². The van der Waals surface area contributed by atoms with Crippen LogP contribution in [0.1, 0.15) is 93.3 Å². The summed E-state index contributed by atoms with van der Waals surface area (Å²) in [5.74, 6) is 1.58. The molecule has 1 spiro atoms. The molecule has 0 aliphatic heterocycles. The number of aromatic nitrogens is 5. The molecule has 0 bridgehead atoms. The van der Waals surface area contributed by atoms with E-state index in [1.807, 2.05) is 17.9 Å². The first-order valence-electron chi connectivity index (χ1n) is 14.3. The summed E-state index contributed by atoms with van der Waals surface area (Å²) in [6.45, 7) is 3.07. The van der Waals surface area contributed by atoms with Crippen LogP contribution in [0.4, 0.5) is 0 Å². The summed E-state index contributed by atoms with van der Waals surface area (Å²) < 4.78 is 3.96. The predicted molar refractivity (Wildman–Crippen MR) is 148 cm³/mol. The smallest absolute Gasteiger partial charge is 0.279 e. The van der Waals surface area contributed by atoms with Crippen LogP contribution in [0.15, 0.2) is 47.7 Å². The highest BCUT2D eigenvalue weighted by atomic mass is 16.1. The highest BCUT2D eigenvalue weighted by molar-refractivity contribution is 5.84. The highest BCUT2D eigenvalue weighted by Crippen LogP contribution is 2.70. The Kier molecular flexibility index (Phi) is 4.60. The molecule has 0 saturated heterocycles. The number of aryl methyl sites for hydroxylation is 1. The molecule has 4 aliphatic rings. The van der Waals surface area contributed by atoms with Crippen LogP contribution in [0.25, 0.3) is 16.6 Å². The van der Waals surface area contributed by atoms with E-state index in [1.165, 1.54) is 56.1 Å². The van der Waals surface area contributed by atoms with Gasteiger partial charge in [0.05, 0.1) is 5.41 Å². The van der Waals surface area contributed by atoms with E-state index in [2.05, 4.69) is 68.5 Å². The van der Waals surface area contributed by atoms with Gasteiger partial charge in [-0.2, -0.15) is 0 Å². The van der Waals surface area contributed by atoms with Gasteiger partial charge in [-0.05, 0) is 105 Å². The minimum Gasteiger partial charge on any atom is -0.353 e. The molecule has 4 saturated carbocycles. The molecule has 4 fully saturated rings. The first-order valence-corrected chi connectivity index (χ1v) is 14.3. The molecule has 7 nitrogen and oxygen atoms in total. The number of nitrogens with zero attached hydrogens (tertiary/aromatic N) is 4. The minimum absolute atomic E-state index is 0.0302. The number of pyridine rings is 1. The summed E-state index contributed by atoms with van der Waals surface area (Å²) in [6.07, 6.45) is 14.9. The number of benzene rings is 1. The van der Waals surface area contributed by atoms with Crippen molar-refractivity contribution in [3.05, 3.63) is 75.9 Å². The van der Waals surface area contributed by atoms with Gasteiger partial charge in [-0.3, -0.25) is 9.36 Å². The molecule has 4 aromatic rings. The number of hydrogen-bond acceptors (Lipinski definition) is 4. The van der Waals surface area contributed by atoms with Crippen LogP contribution < -0.4 is 10.9 Å². The van der Waals surface area contributed by atoms with Gasteiger partial charge in [0.2, 0.25) is 0 Å². The van der Waals surface area contributed by atoms with Crippen LogP contribution in [-0.2, 0) is 19.0 Å². The Morgan fingerprint density at radius 3 is 2.61 bits per heavy atom. The lowest BCUT2D eigenvalue weighted by Crippen LogP contribution is -2.47. The number of fused-ring (bicyclic) bond motifs is 1. The average Bonchev–Trinajstić information content (AvgIpc) is 3.79. The van der Waals surface area contributed by atoms with Crippen LogP contribution in [0, 0.1) is 5.41 Å². The number of hydrogen-bond donors (Lipinski definition) is 2. The maximum Gasteiger partial charge on any atom is 0.279 e. The number of H-pyrrole nitrogens is 1. The summed E-state index contributed by atoms with van der Waals surface area (Å²) in [6, 6.07) is 10.9. The maximum atomic E-state index is 13.9. The standard InChI is InChI=1S/C31H36N6O/c1-29(9-4-10-29)32-15-22-14-24-25(20-7-8-20)16-37(27(38)26(24)34-22)23-6-3-5-21(13-23)31(17-30(18-31)11-12-30)28-35-33-19-36(28)2/h3,5-6,13-14,16,19-20,32,34H,4,7-12,15,17-18H2,1-2H3. The highest BCUT2D eigenvalue weighted by Gasteiger charge is 2.63. The Morgan fingerprint density at radius 1 is 1.13 bits per heavy atom. The van der Waals surface area contributed by atoms with Crippen molar-refractivity contribution in [3.63, 3.8) is 0 Å². The van der Waals surface area contributed by atoms with Crippen molar-refractivity contribution >= 4 is 10.9 Å². The summed E-state index contributed by atoms with van der Waals surface area (Å²) in [5, 5.41) is 13.6. The van der Waals surface area contributed by atoms with Crippen molar-refractivity contribution in [1.82, 2.24) is 29.6 Å². The zero-order valence-electron chi connectivity index (χ0n) is 22.4. The van der Waals surface area contributed by atoms with E-state index in [1.54, 1.807) is 0 Å². The van der Waals surface area contributed by atoms with E-state index < -0.39 is 0 Å². The zero-order chi connectivity index (χ0) is 25.7. The Balaban J connectivity index is 1.21. The summed E-state index contributed by atoms with van der Waals surface area (Å²) in [5.41, 5.74) is 5.93. The molecule has 0 radical (unpaired) electrons. The van der Waals surface area contributed by atoms with Crippen molar-refractivity contribution in [3.8, 4) is 5.69 Å².